The quantitative estimate of drug-likeness (QED) is 0.631. The number of hydrogen-bond acceptors (Lipinski definition) is 4. The fraction of sp³-hybridized carbons (Fsp3) is 0.0556. The highest BCUT2D eigenvalue weighted by Crippen LogP contribution is 2.33. The summed E-state index contributed by atoms with van der Waals surface area (Å²) < 4.78 is 15.7. The first-order valence-corrected chi connectivity index (χ1v) is 8.34. The van der Waals surface area contributed by atoms with E-state index >= 15 is 0 Å². The van der Waals surface area contributed by atoms with Gasteiger partial charge < -0.3 is 15.0 Å². The van der Waals surface area contributed by atoms with Gasteiger partial charge in [-0.05, 0) is 30.3 Å². The number of aldehydes is 1. The molecule has 0 spiro atoms. The molecule has 1 heterocycles. The molecule has 6 nitrogen and oxygen atoms in total. The van der Waals surface area contributed by atoms with Crippen LogP contribution in [0.1, 0.15) is 21.0 Å². The largest absolute Gasteiger partial charge is 0.506 e. The summed E-state index contributed by atoms with van der Waals surface area (Å²) in [5, 5.41) is 11.9. The Labute approximate surface area is 163 Å². The summed E-state index contributed by atoms with van der Waals surface area (Å²) >= 11 is 11.7. The lowest BCUT2D eigenvalue weighted by Crippen LogP contribution is -2.17. The SMILES string of the molecule is Cn1c(-c2ccc(O)c(Cl)c2F)cnc1C(=O)Nc1ccc(C=O)c(Cl)c1. The van der Waals surface area contributed by atoms with Crippen LogP contribution in [0.4, 0.5) is 10.1 Å². The standard InChI is InChI=1S/C18H12Cl2FN3O3/c1-24-13(11-4-5-14(26)15(20)16(11)21)7-22-17(24)18(27)23-10-3-2-9(8-25)12(19)6-10/h2-8,26H,1H3,(H,23,27). The number of phenols is 1. The number of aromatic nitrogens is 2. The van der Waals surface area contributed by atoms with Crippen molar-refractivity contribution in [3.63, 3.8) is 0 Å². The third kappa shape index (κ3) is 3.51. The molecule has 3 rings (SSSR count). The maximum atomic E-state index is 14.3. The van der Waals surface area contributed by atoms with E-state index in [9.17, 15) is 19.1 Å². The van der Waals surface area contributed by atoms with Crippen LogP contribution in [0, 0.1) is 5.82 Å². The summed E-state index contributed by atoms with van der Waals surface area (Å²) in [7, 11) is 1.54. The van der Waals surface area contributed by atoms with Gasteiger partial charge in [0.05, 0.1) is 16.9 Å². The van der Waals surface area contributed by atoms with E-state index in [0.717, 1.165) is 0 Å². The van der Waals surface area contributed by atoms with Crippen LogP contribution < -0.4 is 5.32 Å². The molecule has 9 heteroatoms. The third-order valence-electron chi connectivity index (χ3n) is 3.91. The van der Waals surface area contributed by atoms with Crippen LogP contribution in [0.5, 0.6) is 5.75 Å². The van der Waals surface area contributed by atoms with Crippen molar-refractivity contribution < 1.29 is 19.1 Å². The molecule has 138 valence electrons. The Morgan fingerprint density at radius 1 is 1.30 bits per heavy atom. The first-order chi connectivity index (χ1) is 12.8. The van der Waals surface area contributed by atoms with Crippen LogP contribution in [0.25, 0.3) is 11.3 Å². The van der Waals surface area contributed by atoms with E-state index in [4.69, 9.17) is 23.2 Å². The number of rotatable bonds is 4. The van der Waals surface area contributed by atoms with Gasteiger partial charge in [0.2, 0.25) is 0 Å². The highest BCUT2D eigenvalue weighted by atomic mass is 35.5. The van der Waals surface area contributed by atoms with Crippen LogP contribution in [0.15, 0.2) is 36.5 Å². The van der Waals surface area contributed by atoms with Crippen LogP contribution in [-0.2, 0) is 7.05 Å². The maximum absolute atomic E-state index is 14.3. The van der Waals surface area contributed by atoms with Crippen molar-refractivity contribution in [1.82, 2.24) is 9.55 Å². The van der Waals surface area contributed by atoms with Crippen molar-refractivity contribution >= 4 is 41.1 Å². The predicted molar refractivity (Wildman–Crippen MR) is 100 cm³/mol. The number of carbonyl (C=O) groups is 2. The second-order valence-corrected chi connectivity index (χ2v) is 6.38. The van der Waals surface area contributed by atoms with E-state index in [2.05, 4.69) is 10.3 Å². The number of amides is 1. The minimum absolute atomic E-state index is 0.0178. The lowest BCUT2D eigenvalue weighted by Gasteiger charge is -2.09. The van der Waals surface area contributed by atoms with Gasteiger partial charge in [0.25, 0.3) is 5.91 Å². The Bertz CT molecular complexity index is 1070. The molecule has 0 aliphatic carbocycles. The number of aromatic hydroxyl groups is 1. The number of hydrogen-bond donors (Lipinski definition) is 2. The Hall–Kier alpha value is -2.90. The lowest BCUT2D eigenvalue weighted by atomic mass is 10.1. The van der Waals surface area contributed by atoms with Crippen molar-refractivity contribution in [1.29, 1.82) is 0 Å². The van der Waals surface area contributed by atoms with Crippen LogP contribution in [0.3, 0.4) is 0 Å². The zero-order chi connectivity index (χ0) is 19.7. The lowest BCUT2D eigenvalue weighted by molar-refractivity contribution is 0.101. The number of nitrogens with one attached hydrogen (secondary N) is 1. The number of halogens is 3. The van der Waals surface area contributed by atoms with E-state index in [1.54, 1.807) is 7.05 Å². The van der Waals surface area contributed by atoms with Gasteiger partial charge in [0, 0.05) is 23.9 Å². The average molecular weight is 408 g/mol. The third-order valence-corrected chi connectivity index (χ3v) is 4.60. The Morgan fingerprint density at radius 3 is 2.70 bits per heavy atom. The van der Waals surface area contributed by atoms with Crippen molar-refractivity contribution in [2.24, 2.45) is 7.05 Å². The summed E-state index contributed by atoms with van der Waals surface area (Å²) in [5.41, 5.74) is 1.06. The van der Waals surface area contributed by atoms with Crippen LogP contribution >= 0.6 is 23.2 Å². The van der Waals surface area contributed by atoms with E-state index in [1.165, 1.54) is 41.1 Å². The van der Waals surface area contributed by atoms with Crippen molar-refractivity contribution in [3.8, 4) is 17.0 Å². The van der Waals surface area contributed by atoms with Crippen LogP contribution in [0.2, 0.25) is 10.0 Å². The molecule has 0 saturated heterocycles. The minimum atomic E-state index is -0.817. The van der Waals surface area contributed by atoms with Crippen LogP contribution in [-0.4, -0.2) is 26.9 Å². The Balaban J connectivity index is 1.91. The van der Waals surface area contributed by atoms with Gasteiger partial charge in [-0.3, -0.25) is 9.59 Å². The average Bonchev–Trinajstić information content (AvgIpc) is 3.01. The number of nitrogens with zero attached hydrogens (tertiary/aromatic N) is 2. The zero-order valence-corrected chi connectivity index (χ0v) is 15.3. The number of phenolic OH excluding ortho intramolecular Hbond substituents is 1. The molecule has 0 saturated carbocycles. The van der Waals surface area contributed by atoms with Gasteiger partial charge in [0.15, 0.2) is 17.9 Å². The molecule has 0 aliphatic rings. The molecule has 0 aliphatic heterocycles. The second kappa shape index (κ2) is 7.38. The summed E-state index contributed by atoms with van der Waals surface area (Å²) in [5.74, 6) is -1.73. The number of anilines is 1. The Morgan fingerprint density at radius 2 is 2.04 bits per heavy atom. The predicted octanol–water partition coefficient (Wildman–Crippen LogP) is 4.30. The molecule has 1 aromatic heterocycles. The highest BCUT2D eigenvalue weighted by Gasteiger charge is 2.20. The fourth-order valence-corrected chi connectivity index (χ4v) is 2.89. The molecule has 0 unspecified atom stereocenters. The van der Waals surface area contributed by atoms with E-state index in [0.29, 0.717) is 23.2 Å². The van der Waals surface area contributed by atoms with Gasteiger partial charge in [-0.2, -0.15) is 0 Å². The fourth-order valence-electron chi connectivity index (χ4n) is 2.50. The number of benzene rings is 2. The summed E-state index contributed by atoms with van der Waals surface area (Å²) in [6, 6.07) is 7.03. The molecule has 0 bridgehead atoms. The maximum Gasteiger partial charge on any atom is 0.291 e. The molecular formula is C18H12Cl2FN3O3. The molecule has 3 aromatic rings. The van der Waals surface area contributed by atoms with Gasteiger partial charge in [0.1, 0.15) is 10.8 Å². The van der Waals surface area contributed by atoms with Crippen molar-refractivity contribution in [2.75, 3.05) is 5.32 Å². The van der Waals surface area contributed by atoms with Gasteiger partial charge in [-0.15, -0.1) is 0 Å². The molecule has 2 aromatic carbocycles. The number of imidazole rings is 1. The molecule has 0 fully saturated rings. The molecule has 0 atom stereocenters. The highest BCUT2D eigenvalue weighted by molar-refractivity contribution is 6.33. The van der Waals surface area contributed by atoms with Gasteiger partial charge in [-0.25, -0.2) is 9.37 Å². The molecule has 0 radical (unpaired) electrons. The monoisotopic (exact) mass is 407 g/mol. The summed E-state index contributed by atoms with van der Waals surface area (Å²) in [6.45, 7) is 0. The molecule has 1 amide bonds. The summed E-state index contributed by atoms with van der Waals surface area (Å²) in [6.07, 6.45) is 1.93. The molecule has 27 heavy (non-hydrogen) atoms. The van der Waals surface area contributed by atoms with Gasteiger partial charge in [-0.1, -0.05) is 23.2 Å². The first-order valence-electron chi connectivity index (χ1n) is 7.58. The normalized spacial score (nSPS) is 10.7. The second-order valence-electron chi connectivity index (χ2n) is 5.59. The first kappa shape index (κ1) is 18.9. The smallest absolute Gasteiger partial charge is 0.291 e. The van der Waals surface area contributed by atoms with E-state index in [-0.39, 0.29) is 22.2 Å². The zero-order valence-electron chi connectivity index (χ0n) is 13.8. The van der Waals surface area contributed by atoms with Gasteiger partial charge >= 0.3 is 0 Å². The molecular weight excluding hydrogens is 396 g/mol. The minimum Gasteiger partial charge on any atom is -0.506 e. The van der Waals surface area contributed by atoms with E-state index < -0.39 is 16.7 Å². The summed E-state index contributed by atoms with van der Waals surface area (Å²) in [4.78, 5) is 27.3. The van der Waals surface area contributed by atoms with Crippen molar-refractivity contribution in [2.45, 2.75) is 0 Å². The Kier molecular flexibility index (Phi) is 5.16. The van der Waals surface area contributed by atoms with E-state index in [1.807, 2.05) is 0 Å². The van der Waals surface area contributed by atoms with Crippen molar-refractivity contribution in [3.05, 3.63) is 63.8 Å². The number of carbonyl (C=O) groups excluding carboxylic acids is 2. The molecule has 2 N–H and O–H groups in total. The topological polar surface area (TPSA) is 84.2 Å².